The zero-order valence-electron chi connectivity index (χ0n) is 25.3. The van der Waals surface area contributed by atoms with E-state index in [9.17, 15) is 19.2 Å². The van der Waals surface area contributed by atoms with E-state index in [0.717, 1.165) is 16.5 Å². The van der Waals surface area contributed by atoms with Gasteiger partial charge in [0.2, 0.25) is 11.8 Å². The van der Waals surface area contributed by atoms with Crippen LogP contribution in [0.1, 0.15) is 71.7 Å². The number of carbonyl (C=O) groups excluding carboxylic acids is 4. The Bertz CT molecular complexity index is 1340. The van der Waals surface area contributed by atoms with Crippen LogP contribution in [0.4, 0.5) is 0 Å². The fourth-order valence-electron chi connectivity index (χ4n) is 4.73. The number of ether oxygens (including phenoxy) is 1. The fraction of sp³-hybridized carbons (Fsp3) is 0.469. The topological polar surface area (TPSA) is 130 Å². The Labute approximate surface area is 247 Å². The van der Waals surface area contributed by atoms with Gasteiger partial charge in [0.05, 0.1) is 17.1 Å². The number of amides is 3. The monoisotopic (exact) mass is 577 g/mol. The van der Waals surface area contributed by atoms with E-state index in [-0.39, 0.29) is 23.7 Å². The number of nitrogens with zero attached hydrogens (tertiary/aromatic N) is 2. The fourth-order valence-corrected chi connectivity index (χ4v) is 4.73. The van der Waals surface area contributed by atoms with Crippen LogP contribution in [-0.4, -0.2) is 58.4 Å². The van der Waals surface area contributed by atoms with E-state index >= 15 is 0 Å². The van der Waals surface area contributed by atoms with Crippen molar-refractivity contribution in [2.24, 2.45) is 11.8 Å². The van der Waals surface area contributed by atoms with Crippen LogP contribution in [0, 0.1) is 11.8 Å². The summed E-state index contributed by atoms with van der Waals surface area (Å²) in [6.45, 7) is 14.7. The van der Waals surface area contributed by atoms with Crippen molar-refractivity contribution in [1.29, 1.82) is 0 Å². The van der Waals surface area contributed by atoms with Gasteiger partial charge in [0, 0.05) is 11.9 Å². The van der Waals surface area contributed by atoms with Crippen molar-refractivity contribution < 1.29 is 23.9 Å². The van der Waals surface area contributed by atoms with Crippen molar-refractivity contribution in [2.75, 3.05) is 6.54 Å². The number of esters is 1. The van der Waals surface area contributed by atoms with Gasteiger partial charge in [0.15, 0.2) is 0 Å². The molecular formula is C32H43N5O5. The molecule has 3 rings (SSSR count). The number of aromatic nitrogens is 1. The van der Waals surface area contributed by atoms with Crippen LogP contribution in [0.15, 0.2) is 49.1 Å². The number of allylic oxidation sites excluding steroid dienone is 1. The molecule has 10 heteroatoms. The predicted octanol–water partition coefficient (Wildman–Crippen LogP) is 3.84. The van der Waals surface area contributed by atoms with Crippen LogP contribution in [0.25, 0.3) is 17.0 Å². The Morgan fingerprint density at radius 1 is 1.07 bits per heavy atom. The summed E-state index contributed by atoms with van der Waals surface area (Å²) in [5.74, 6) is -2.17. The summed E-state index contributed by atoms with van der Waals surface area (Å²) in [5.41, 5.74) is 5.31. The van der Waals surface area contributed by atoms with Crippen molar-refractivity contribution in [3.8, 4) is 0 Å². The largest absolute Gasteiger partial charge is 0.455 e. The first-order valence-electron chi connectivity index (χ1n) is 14.5. The molecule has 0 bridgehead atoms. The van der Waals surface area contributed by atoms with Gasteiger partial charge in [-0.25, -0.2) is 10.4 Å². The standard InChI is InChI=1S/C32H43N5O5/c1-8-11-20(5)29(38)35-28(19(3)4)30(39)33-21(6)31(40)37-17-10-12-26(36-37)32(41)42-22(7)25-16-15-24-14-13-23(9-2)18-27(24)34-25/h8-9,11,13-16,18-22,26,28,36H,2,10,12,17H2,1,3-7H3,(H,33,39)(H,35,38)/t20-,21+,22-,26+,28+/m1/s1. The SMILES string of the molecule is C=Cc1ccc2ccc([C@@H](C)OC(=O)[C@@H]3CCCN(C(=O)[C@H](C)NC(=O)[C@@H](NC(=O)[C@H](C)C=CC)C(C)C)N3)nc2c1. The molecule has 0 radical (unpaired) electrons. The highest BCUT2D eigenvalue weighted by molar-refractivity contribution is 5.92. The zero-order chi connectivity index (χ0) is 31.0. The molecule has 1 aliphatic rings. The van der Waals surface area contributed by atoms with E-state index in [1.807, 2.05) is 51.1 Å². The van der Waals surface area contributed by atoms with Gasteiger partial charge in [-0.1, -0.05) is 63.8 Å². The van der Waals surface area contributed by atoms with E-state index in [4.69, 9.17) is 4.74 Å². The molecule has 2 heterocycles. The number of pyridine rings is 1. The molecule has 0 saturated carbocycles. The number of carbonyl (C=O) groups is 4. The molecule has 1 fully saturated rings. The molecule has 226 valence electrons. The number of nitrogens with one attached hydrogen (secondary N) is 3. The van der Waals surface area contributed by atoms with Crippen molar-refractivity contribution >= 4 is 40.7 Å². The number of benzene rings is 1. The van der Waals surface area contributed by atoms with Crippen LogP contribution in [0.2, 0.25) is 0 Å². The molecule has 3 amide bonds. The number of hydrazine groups is 1. The lowest BCUT2D eigenvalue weighted by Crippen LogP contribution is -2.61. The van der Waals surface area contributed by atoms with Crippen molar-refractivity contribution in [1.82, 2.24) is 26.1 Å². The third-order valence-electron chi connectivity index (χ3n) is 7.29. The summed E-state index contributed by atoms with van der Waals surface area (Å²) in [7, 11) is 0. The molecule has 2 aromatic rings. The predicted molar refractivity (Wildman–Crippen MR) is 163 cm³/mol. The van der Waals surface area contributed by atoms with Gasteiger partial charge in [0.25, 0.3) is 5.91 Å². The quantitative estimate of drug-likeness (QED) is 0.273. The molecular weight excluding hydrogens is 534 g/mol. The minimum absolute atomic E-state index is 0.190. The second-order valence-electron chi connectivity index (χ2n) is 11.1. The third-order valence-corrected chi connectivity index (χ3v) is 7.29. The Balaban J connectivity index is 1.59. The minimum Gasteiger partial charge on any atom is -0.455 e. The highest BCUT2D eigenvalue weighted by atomic mass is 16.5. The summed E-state index contributed by atoms with van der Waals surface area (Å²) in [6.07, 6.45) is 5.76. The van der Waals surface area contributed by atoms with Gasteiger partial charge in [-0.05, 0) is 57.2 Å². The van der Waals surface area contributed by atoms with Gasteiger partial charge in [0.1, 0.15) is 24.2 Å². The van der Waals surface area contributed by atoms with Crippen molar-refractivity contribution in [3.63, 3.8) is 0 Å². The third kappa shape index (κ3) is 8.25. The highest BCUT2D eigenvalue weighted by Gasteiger charge is 2.34. The first kappa shape index (κ1) is 32.5. The molecule has 0 aliphatic carbocycles. The maximum atomic E-state index is 13.2. The van der Waals surface area contributed by atoms with Gasteiger partial charge in [-0.15, -0.1) is 0 Å². The normalized spacial score (nSPS) is 18.3. The van der Waals surface area contributed by atoms with Crippen LogP contribution in [0.5, 0.6) is 0 Å². The lowest BCUT2D eigenvalue weighted by atomic mass is 10.0. The molecule has 3 N–H and O–H groups in total. The number of hydrogen-bond acceptors (Lipinski definition) is 7. The average Bonchev–Trinajstić information content (AvgIpc) is 2.98. The Hall–Kier alpha value is -4.05. The van der Waals surface area contributed by atoms with Gasteiger partial charge < -0.3 is 15.4 Å². The van der Waals surface area contributed by atoms with E-state index < -0.39 is 36.1 Å². The molecule has 42 heavy (non-hydrogen) atoms. The van der Waals surface area contributed by atoms with E-state index in [1.54, 1.807) is 39.0 Å². The van der Waals surface area contributed by atoms with Crippen LogP contribution >= 0.6 is 0 Å². The molecule has 10 nitrogen and oxygen atoms in total. The van der Waals surface area contributed by atoms with Crippen LogP contribution in [0.3, 0.4) is 0 Å². The number of fused-ring (bicyclic) bond motifs is 1. The molecule has 1 aromatic heterocycles. The Morgan fingerprint density at radius 3 is 2.45 bits per heavy atom. The summed E-state index contributed by atoms with van der Waals surface area (Å²) in [6, 6.07) is 7.20. The minimum atomic E-state index is -0.882. The first-order chi connectivity index (χ1) is 19.9. The second kappa shape index (κ2) is 14.7. The molecule has 0 spiro atoms. The van der Waals surface area contributed by atoms with E-state index in [0.29, 0.717) is 25.1 Å². The van der Waals surface area contributed by atoms with Crippen LogP contribution in [-0.2, 0) is 23.9 Å². The number of rotatable bonds is 11. The lowest BCUT2D eigenvalue weighted by Gasteiger charge is -2.35. The van der Waals surface area contributed by atoms with E-state index in [1.165, 1.54) is 5.01 Å². The maximum Gasteiger partial charge on any atom is 0.325 e. The summed E-state index contributed by atoms with van der Waals surface area (Å²) >= 11 is 0. The smallest absolute Gasteiger partial charge is 0.325 e. The Kier molecular flexibility index (Phi) is 11.4. The Morgan fingerprint density at radius 2 is 1.79 bits per heavy atom. The second-order valence-corrected chi connectivity index (χ2v) is 11.1. The van der Waals surface area contributed by atoms with Crippen molar-refractivity contribution in [3.05, 3.63) is 60.3 Å². The van der Waals surface area contributed by atoms with Crippen molar-refractivity contribution in [2.45, 2.75) is 78.6 Å². The molecule has 5 atom stereocenters. The first-order valence-corrected chi connectivity index (χ1v) is 14.5. The van der Waals surface area contributed by atoms with Crippen LogP contribution < -0.4 is 16.1 Å². The molecule has 1 aromatic carbocycles. The average molecular weight is 578 g/mol. The molecule has 1 saturated heterocycles. The number of hydrogen-bond donors (Lipinski definition) is 3. The lowest BCUT2D eigenvalue weighted by molar-refractivity contribution is -0.157. The molecule has 0 unspecified atom stereocenters. The molecule has 1 aliphatic heterocycles. The maximum absolute atomic E-state index is 13.2. The highest BCUT2D eigenvalue weighted by Crippen LogP contribution is 2.22. The van der Waals surface area contributed by atoms with Gasteiger partial charge in [-0.3, -0.25) is 24.2 Å². The van der Waals surface area contributed by atoms with E-state index in [2.05, 4.69) is 27.6 Å². The summed E-state index contributed by atoms with van der Waals surface area (Å²) < 4.78 is 5.73. The van der Waals surface area contributed by atoms with Gasteiger partial charge >= 0.3 is 5.97 Å². The zero-order valence-corrected chi connectivity index (χ0v) is 25.3. The van der Waals surface area contributed by atoms with Gasteiger partial charge in [-0.2, -0.15) is 0 Å². The summed E-state index contributed by atoms with van der Waals surface area (Å²) in [5, 5.41) is 7.83. The summed E-state index contributed by atoms with van der Waals surface area (Å²) in [4.78, 5) is 56.4.